The quantitative estimate of drug-likeness (QED) is 0.584. The second-order valence-corrected chi connectivity index (χ2v) is 3.63. The molecule has 0 fully saturated rings. The van der Waals surface area contributed by atoms with Gasteiger partial charge in [-0.1, -0.05) is 6.07 Å². The molecule has 0 radical (unpaired) electrons. The van der Waals surface area contributed by atoms with Crippen molar-refractivity contribution < 1.29 is 35.0 Å². The Balaban J connectivity index is 3.01. The molecular formula is C7H6IO3+. The van der Waals surface area contributed by atoms with Crippen LogP contribution in [0, 0.1) is 3.57 Å². The van der Waals surface area contributed by atoms with E-state index in [-0.39, 0.29) is 5.56 Å². The van der Waals surface area contributed by atoms with Gasteiger partial charge in [-0.15, -0.1) is 0 Å². The van der Waals surface area contributed by atoms with E-state index in [1.807, 2.05) is 0 Å². The summed E-state index contributed by atoms with van der Waals surface area (Å²) in [5.74, 6) is -0.954. The lowest BCUT2D eigenvalue weighted by atomic mass is 10.2. The van der Waals surface area contributed by atoms with Crippen molar-refractivity contribution in [3.8, 4) is 0 Å². The van der Waals surface area contributed by atoms with Gasteiger partial charge >= 0.3 is 27.6 Å². The molecule has 3 nitrogen and oxygen atoms in total. The van der Waals surface area contributed by atoms with Crippen LogP contribution in [0.2, 0.25) is 0 Å². The van der Waals surface area contributed by atoms with E-state index >= 15 is 0 Å². The number of rotatable bonds is 2. The second kappa shape index (κ2) is 3.68. The summed E-state index contributed by atoms with van der Waals surface area (Å²) >= 11 is -0.996. The SMILES string of the molecule is O=C(O)c1cccc([I+]O)c1. The third kappa shape index (κ3) is 2.16. The zero-order valence-electron chi connectivity index (χ0n) is 5.49. The number of halogens is 1. The molecular weight excluding hydrogens is 259 g/mol. The Hall–Kier alpha value is -0.620. The van der Waals surface area contributed by atoms with Crippen molar-refractivity contribution in [3.05, 3.63) is 33.4 Å². The Morgan fingerprint density at radius 3 is 2.73 bits per heavy atom. The predicted octanol–water partition coefficient (Wildman–Crippen LogP) is -2.45. The fraction of sp³-hybridized carbons (Fsp3) is 0. The summed E-state index contributed by atoms with van der Waals surface area (Å²) < 4.78 is 9.49. The standard InChI is InChI=1S/C7H5IO3/c9-7(10)5-2-1-3-6(4-5)8-11/h1-4,11H/p+1. The first-order valence-electron chi connectivity index (χ1n) is 2.86. The van der Waals surface area contributed by atoms with E-state index in [1.165, 1.54) is 12.1 Å². The molecule has 0 amide bonds. The molecule has 0 heterocycles. The highest BCUT2D eigenvalue weighted by Gasteiger charge is 2.11. The normalized spacial score (nSPS) is 9.55. The van der Waals surface area contributed by atoms with E-state index in [1.54, 1.807) is 12.1 Å². The number of hydrogen-bond donors (Lipinski definition) is 2. The first-order chi connectivity index (χ1) is 5.24. The molecule has 0 spiro atoms. The summed E-state index contributed by atoms with van der Waals surface area (Å²) in [7, 11) is 0. The van der Waals surface area contributed by atoms with Crippen LogP contribution in [0.15, 0.2) is 24.3 Å². The van der Waals surface area contributed by atoms with E-state index in [9.17, 15) is 4.79 Å². The zero-order valence-corrected chi connectivity index (χ0v) is 7.65. The molecule has 0 aliphatic rings. The smallest absolute Gasteiger partial charge is 0.478 e. The van der Waals surface area contributed by atoms with Gasteiger partial charge in [0.25, 0.3) is 0 Å². The minimum absolute atomic E-state index is 0.233. The van der Waals surface area contributed by atoms with E-state index < -0.39 is 27.6 Å². The molecule has 1 aromatic rings. The maximum atomic E-state index is 10.4. The Morgan fingerprint density at radius 2 is 2.18 bits per heavy atom. The van der Waals surface area contributed by atoms with Gasteiger partial charge in [0, 0.05) is 6.07 Å². The third-order valence-electron chi connectivity index (χ3n) is 1.17. The Kier molecular flexibility index (Phi) is 2.84. The lowest BCUT2D eigenvalue weighted by Crippen LogP contribution is -3.61. The molecule has 0 aliphatic heterocycles. The van der Waals surface area contributed by atoms with Crippen molar-refractivity contribution in [1.29, 1.82) is 0 Å². The number of benzene rings is 1. The van der Waals surface area contributed by atoms with Gasteiger partial charge in [-0.3, -0.25) is 0 Å². The average Bonchev–Trinajstić information content (AvgIpc) is 2.05. The number of carboxylic acids is 1. The van der Waals surface area contributed by atoms with E-state index in [2.05, 4.69) is 0 Å². The van der Waals surface area contributed by atoms with Crippen molar-refractivity contribution in [2.75, 3.05) is 0 Å². The summed E-state index contributed by atoms with van der Waals surface area (Å²) in [6, 6.07) is 6.36. The Bertz CT molecular complexity index is 272. The van der Waals surface area contributed by atoms with Gasteiger partial charge in [-0.05, 0) is 12.1 Å². The van der Waals surface area contributed by atoms with Gasteiger partial charge in [0.05, 0.1) is 5.56 Å². The summed E-state index contributed by atoms with van der Waals surface area (Å²) in [5.41, 5.74) is 0.233. The Labute approximate surface area is 74.5 Å². The molecule has 0 unspecified atom stereocenters. The van der Waals surface area contributed by atoms with Gasteiger partial charge in [0.2, 0.25) is 3.57 Å². The molecule has 1 aromatic carbocycles. The molecule has 0 atom stereocenters. The summed E-state index contributed by atoms with van der Waals surface area (Å²) in [6.07, 6.45) is 0. The average molecular weight is 265 g/mol. The van der Waals surface area contributed by atoms with Crippen molar-refractivity contribution in [2.24, 2.45) is 0 Å². The van der Waals surface area contributed by atoms with Crippen LogP contribution in [0.25, 0.3) is 0 Å². The first-order valence-corrected chi connectivity index (χ1v) is 4.90. The van der Waals surface area contributed by atoms with Crippen LogP contribution < -0.4 is 21.6 Å². The van der Waals surface area contributed by atoms with Gasteiger partial charge in [-0.25, -0.2) is 4.79 Å². The summed E-state index contributed by atoms with van der Waals surface area (Å²) in [4.78, 5) is 10.4. The second-order valence-electron chi connectivity index (χ2n) is 1.90. The molecule has 4 heteroatoms. The largest absolute Gasteiger partial charge is 0.519 e. The molecule has 1 rings (SSSR count). The Morgan fingerprint density at radius 1 is 1.45 bits per heavy atom. The highest BCUT2D eigenvalue weighted by molar-refractivity contribution is 5.87. The lowest BCUT2D eigenvalue weighted by Gasteiger charge is -1.89. The van der Waals surface area contributed by atoms with E-state index in [4.69, 9.17) is 8.54 Å². The monoisotopic (exact) mass is 265 g/mol. The third-order valence-corrected chi connectivity index (χ3v) is 2.40. The molecule has 0 bridgehead atoms. The minimum Gasteiger partial charge on any atom is -0.478 e. The van der Waals surface area contributed by atoms with Crippen LogP contribution in [0.1, 0.15) is 10.4 Å². The number of carbonyl (C=O) groups is 1. The van der Waals surface area contributed by atoms with Crippen molar-refractivity contribution in [2.45, 2.75) is 0 Å². The lowest BCUT2D eigenvalue weighted by molar-refractivity contribution is -0.866. The van der Waals surface area contributed by atoms with Crippen molar-refractivity contribution in [3.63, 3.8) is 0 Å². The molecule has 58 valence electrons. The van der Waals surface area contributed by atoms with Crippen LogP contribution in [-0.2, 0) is 0 Å². The van der Waals surface area contributed by atoms with E-state index in [0.29, 0.717) is 0 Å². The highest BCUT2D eigenvalue weighted by atomic mass is 127. The van der Waals surface area contributed by atoms with Crippen LogP contribution in [-0.4, -0.2) is 14.5 Å². The van der Waals surface area contributed by atoms with Crippen LogP contribution in [0.3, 0.4) is 0 Å². The zero-order chi connectivity index (χ0) is 8.27. The van der Waals surface area contributed by atoms with Gasteiger partial charge in [0.15, 0.2) is 0 Å². The number of hydrogen-bond acceptors (Lipinski definition) is 2. The molecule has 0 saturated heterocycles. The van der Waals surface area contributed by atoms with Crippen LogP contribution >= 0.6 is 0 Å². The molecule has 2 N–H and O–H groups in total. The maximum Gasteiger partial charge on any atom is 0.519 e. The van der Waals surface area contributed by atoms with Gasteiger partial charge in [0.1, 0.15) is 0 Å². The van der Waals surface area contributed by atoms with Crippen LogP contribution in [0.4, 0.5) is 0 Å². The fourth-order valence-corrected chi connectivity index (χ4v) is 1.52. The molecule has 11 heavy (non-hydrogen) atoms. The molecule has 0 aromatic heterocycles. The van der Waals surface area contributed by atoms with E-state index in [0.717, 1.165) is 3.57 Å². The van der Waals surface area contributed by atoms with Crippen molar-refractivity contribution >= 4 is 5.97 Å². The highest BCUT2D eigenvalue weighted by Crippen LogP contribution is 1.96. The van der Waals surface area contributed by atoms with Gasteiger partial charge < -0.3 is 5.11 Å². The maximum absolute atomic E-state index is 10.4. The van der Waals surface area contributed by atoms with Gasteiger partial charge in [-0.2, -0.15) is 3.44 Å². The van der Waals surface area contributed by atoms with Crippen molar-refractivity contribution in [1.82, 2.24) is 0 Å². The molecule has 0 aliphatic carbocycles. The number of aromatic carboxylic acids is 1. The minimum atomic E-state index is -0.996. The van der Waals surface area contributed by atoms with Crippen LogP contribution in [0.5, 0.6) is 0 Å². The molecule has 0 saturated carbocycles. The fourth-order valence-electron chi connectivity index (χ4n) is 0.674. The number of carboxylic acid groups (broad SMARTS) is 1. The summed E-state index contributed by atoms with van der Waals surface area (Å²) in [5, 5.41) is 8.54. The predicted molar refractivity (Wildman–Crippen MR) is 34.3 cm³/mol. The first kappa shape index (κ1) is 8.48. The topological polar surface area (TPSA) is 57.5 Å². The summed E-state index contributed by atoms with van der Waals surface area (Å²) in [6.45, 7) is 0.